The number of hydrogen-bond acceptors (Lipinski definition) is 4. The van der Waals surface area contributed by atoms with Crippen LogP contribution in [0.25, 0.3) is 0 Å². The van der Waals surface area contributed by atoms with Crippen molar-refractivity contribution in [1.29, 1.82) is 0 Å². The third-order valence-corrected chi connectivity index (χ3v) is 4.36. The zero-order chi connectivity index (χ0) is 16.9. The fourth-order valence-electron chi connectivity index (χ4n) is 3.12. The molecular formula is C17H23NO5. The van der Waals surface area contributed by atoms with Crippen LogP contribution in [0.3, 0.4) is 0 Å². The van der Waals surface area contributed by atoms with Gasteiger partial charge in [-0.3, -0.25) is 9.59 Å². The second-order valence-electron chi connectivity index (χ2n) is 6.04. The Morgan fingerprint density at radius 3 is 2.65 bits per heavy atom. The molecule has 23 heavy (non-hydrogen) atoms. The first-order valence-electron chi connectivity index (χ1n) is 7.76. The van der Waals surface area contributed by atoms with Crippen LogP contribution in [0, 0.1) is 5.92 Å². The number of carbonyl (C=O) groups excluding carboxylic acids is 1. The lowest BCUT2D eigenvalue weighted by molar-refractivity contribution is -0.146. The number of hydrogen-bond donors (Lipinski definition) is 2. The molecule has 0 bridgehead atoms. The molecule has 0 aliphatic heterocycles. The van der Waals surface area contributed by atoms with Crippen LogP contribution >= 0.6 is 0 Å². The summed E-state index contributed by atoms with van der Waals surface area (Å²) < 4.78 is 10.6. The molecule has 126 valence electrons. The molecule has 0 spiro atoms. The molecule has 6 heteroatoms. The maximum absolute atomic E-state index is 12.2. The molecule has 1 aliphatic rings. The molecule has 1 aromatic rings. The second-order valence-corrected chi connectivity index (χ2v) is 6.04. The van der Waals surface area contributed by atoms with Crippen LogP contribution in [0.15, 0.2) is 24.3 Å². The minimum atomic E-state index is -0.863. The van der Waals surface area contributed by atoms with Crippen LogP contribution < -0.4 is 14.8 Å². The van der Waals surface area contributed by atoms with E-state index in [0.717, 1.165) is 12.8 Å². The molecule has 1 aromatic carbocycles. The second kappa shape index (κ2) is 7.35. The zero-order valence-corrected chi connectivity index (χ0v) is 13.5. The Balaban J connectivity index is 1.97. The number of aliphatic carboxylic acids is 1. The van der Waals surface area contributed by atoms with Crippen LogP contribution in [-0.4, -0.2) is 36.2 Å². The summed E-state index contributed by atoms with van der Waals surface area (Å²) in [4.78, 5) is 23.6. The van der Waals surface area contributed by atoms with Crippen molar-refractivity contribution in [3.8, 4) is 11.5 Å². The lowest BCUT2D eigenvalue weighted by Crippen LogP contribution is -2.56. The number of carbonyl (C=O) groups is 2. The van der Waals surface area contributed by atoms with E-state index in [2.05, 4.69) is 5.32 Å². The first-order chi connectivity index (χ1) is 11.0. The number of para-hydroxylation sites is 2. The van der Waals surface area contributed by atoms with E-state index in [1.807, 2.05) is 6.07 Å². The summed E-state index contributed by atoms with van der Waals surface area (Å²) in [5.74, 6) is -0.725. The zero-order valence-electron chi connectivity index (χ0n) is 13.5. The molecule has 2 N–H and O–H groups in total. The van der Waals surface area contributed by atoms with Gasteiger partial charge in [0.2, 0.25) is 0 Å². The minimum absolute atomic E-state index is 0.178. The van der Waals surface area contributed by atoms with Crippen LogP contribution in [0.1, 0.15) is 32.6 Å². The quantitative estimate of drug-likeness (QED) is 0.839. The van der Waals surface area contributed by atoms with Crippen LogP contribution in [0.2, 0.25) is 0 Å². The molecule has 0 radical (unpaired) electrons. The van der Waals surface area contributed by atoms with Crippen molar-refractivity contribution >= 4 is 11.9 Å². The first-order valence-corrected chi connectivity index (χ1v) is 7.76. The van der Waals surface area contributed by atoms with Crippen LogP contribution in [-0.2, 0) is 9.59 Å². The minimum Gasteiger partial charge on any atom is -0.493 e. The number of benzene rings is 1. The van der Waals surface area contributed by atoms with Crippen molar-refractivity contribution in [2.24, 2.45) is 5.92 Å². The molecule has 1 aliphatic carbocycles. The van der Waals surface area contributed by atoms with E-state index in [-0.39, 0.29) is 12.5 Å². The Bertz CT molecular complexity index is 574. The third kappa shape index (κ3) is 4.15. The van der Waals surface area contributed by atoms with Crippen LogP contribution in [0.5, 0.6) is 11.5 Å². The normalized spacial score (nSPS) is 23.8. The number of methoxy groups -OCH3 is 1. The summed E-state index contributed by atoms with van der Waals surface area (Å²) in [6, 6.07) is 7.07. The number of amides is 1. The fourth-order valence-corrected chi connectivity index (χ4v) is 3.12. The Hall–Kier alpha value is -2.24. The van der Waals surface area contributed by atoms with E-state index in [9.17, 15) is 14.7 Å². The number of carboxylic acid groups (broad SMARTS) is 1. The molecule has 0 heterocycles. The SMILES string of the molecule is COc1ccccc1OCC(=O)NC1(C)CCCCC1C(=O)O. The smallest absolute Gasteiger partial charge is 0.308 e. The summed E-state index contributed by atoms with van der Waals surface area (Å²) in [5, 5.41) is 12.2. The van der Waals surface area contributed by atoms with E-state index in [1.165, 1.54) is 7.11 Å². The van der Waals surface area contributed by atoms with E-state index < -0.39 is 17.4 Å². The van der Waals surface area contributed by atoms with Gasteiger partial charge in [-0.15, -0.1) is 0 Å². The van der Waals surface area contributed by atoms with Gasteiger partial charge in [-0.05, 0) is 31.9 Å². The van der Waals surface area contributed by atoms with Gasteiger partial charge in [-0.2, -0.15) is 0 Å². The Kier molecular flexibility index (Phi) is 5.47. The summed E-state index contributed by atoms with van der Waals surface area (Å²) in [6.07, 6.45) is 3.03. The van der Waals surface area contributed by atoms with E-state index >= 15 is 0 Å². The van der Waals surface area contributed by atoms with Crippen molar-refractivity contribution < 1.29 is 24.2 Å². The van der Waals surface area contributed by atoms with Gasteiger partial charge in [0, 0.05) is 0 Å². The molecule has 2 unspecified atom stereocenters. The van der Waals surface area contributed by atoms with E-state index in [1.54, 1.807) is 25.1 Å². The van der Waals surface area contributed by atoms with Crippen molar-refractivity contribution in [3.05, 3.63) is 24.3 Å². The fraction of sp³-hybridized carbons (Fsp3) is 0.529. The molecule has 1 saturated carbocycles. The molecule has 1 fully saturated rings. The molecule has 2 rings (SSSR count). The van der Waals surface area contributed by atoms with Gasteiger partial charge >= 0.3 is 5.97 Å². The molecule has 0 aromatic heterocycles. The number of rotatable bonds is 6. The first kappa shape index (κ1) is 17.1. The topological polar surface area (TPSA) is 84.9 Å². The van der Waals surface area contributed by atoms with Gasteiger partial charge in [0.25, 0.3) is 5.91 Å². The van der Waals surface area contributed by atoms with Gasteiger partial charge in [0.15, 0.2) is 18.1 Å². The van der Waals surface area contributed by atoms with Gasteiger partial charge < -0.3 is 19.9 Å². The van der Waals surface area contributed by atoms with Gasteiger partial charge in [-0.25, -0.2) is 0 Å². The highest BCUT2D eigenvalue weighted by atomic mass is 16.5. The lowest BCUT2D eigenvalue weighted by Gasteiger charge is -2.39. The Labute approximate surface area is 135 Å². The predicted molar refractivity (Wildman–Crippen MR) is 84.6 cm³/mol. The number of carboxylic acids is 1. The van der Waals surface area contributed by atoms with E-state index in [4.69, 9.17) is 9.47 Å². The van der Waals surface area contributed by atoms with Crippen molar-refractivity contribution in [3.63, 3.8) is 0 Å². The summed E-state index contributed by atoms with van der Waals surface area (Å²) in [7, 11) is 1.53. The van der Waals surface area contributed by atoms with Gasteiger partial charge in [0.1, 0.15) is 0 Å². The molecular weight excluding hydrogens is 298 g/mol. The maximum Gasteiger partial charge on any atom is 0.308 e. The van der Waals surface area contributed by atoms with Gasteiger partial charge in [0.05, 0.1) is 18.6 Å². The van der Waals surface area contributed by atoms with Gasteiger partial charge in [-0.1, -0.05) is 25.0 Å². The average molecular weight is 321 g/mol. The summed E-state index contributed by atoms with van der Waals surface area (Å²) in [5.41, 5.74) is -0.731. The Morgan fingerprint density at radius 2 is 2.00 bits per heavy atom. The average Bonchev–Trinajstić information content (AvgIpc) is 2.52. The summed E-state index contributed by atoms with van der Waals surface area (Å²) >= 11 is 0. The molecule has 1 amide bonds. The van der Waals surface area contributed by atoms with Crippen molar-refractivity contribution in [2.45, 2.75) is 38.1 Å². The number of ether oxygens (including phenoxy) is 2. The lowest BCUT2D eigenvalue weighted by atomic mass is 9.74. The van der Waals surface area contributed by atoms with E-state index in [0.29, 0.717) is 24.3 Å². The number of nitrogens with one attached hydrogen (secondary N) is 1. The standard InChI is InChI=1S/C17H23NO5/c1-17(10-6-5-7-12(17)16(20)21)18-15(19)11-23-14-9-4-3-8-13(14)22-2/h3-4,8-9,12H,5-7,10-11H2,1-2H3,(H,18,19)(H,20,21). The molecule has 6 nitrogen and oxygen atoms in total. The van der Waals surface area contributed by atoms with Crippen molar-refractivity contribution in [1.82, 2.24) is 5.32 Å². The molecule has 0 saturated heterocycles. The third-order valence-electron chi connectivity index (χ3n) is 4.36. The monoisotopic (exact) mass is 321 g/mol. The summed E-state index contributed by atoms with van der Waals surface area (Å²) in [6.45, 7) is 1.62. The Morgan fingerprint density at radius 1 is 1.30 bits per heavy atom. The molecule has 2 atom stereocenters. The largest absolute Gasteiger partial charge is 0.493 e. The highest BCUT2D eigenvalue weighted by Crippen LogP contribution is 2.34. The maximum atomic E-state index is 12.2. The highest BCUT2D eigenvalue weighted by Gasteiger charge is 2.42. The van der Waals surface area contributed by atoms with Crippen molar-refractivity contribution in [2.75, 3.05) is 13.7 Å². The van der Waals surface area contributed by atoms with Crippen LogP contribution in [0.4, 0.5) is 0 Å². The highest BCUT2D eigenvalue weighted by molar-refractivity contribution is 5.80. The predicted octanol–water partition coefficient (Wildman–Crippen LogP) is 2.22.